The zero-order valence-electron chi connectivity index (χ0n) is 15.6. The first kappa shape index (κ1) is 16.9. The monoisotopic (exact) mass is 366 g/mol. The summed E-state index contributed by atoms with van der Waals surface area (Å²) in [6.45, 7) is 3.77. The van der Waals surface area contributed by atoms with Crippen LogP contribution in [0.2, 0.25) is 0 Å². The molecule has 4 fully saturated rings. The summed E-state index contributed by atoms with van der Waals surface area (Å²) in [5.41, 5.74) is 0.487. The number of fused-ring (bicyclic) bond motifs is 5. The number of hydrogen-bond acceptors (Lipinski definition) is 4. The molecular formula is C21H26N4O2. The molecule has 2 bridgehead atoms. The zero-order valence-corrected chi connectivity index (χ0v) is 15.6. The smallest absolute Gasteiger partial charge is 0.270 e. The van der Waals surface area contributed by atoms with Crippen molar-refractivity contribution in [1.29, 1.82) is 0 Å². The summed E-state index contributed by atoms with van der Waals surface area (Å²) in [6.07, 6.45) is 9.57. The van der Waals surface area contributed by atoms with Crippen molar-refractivity contribution < 1.29 is 4.79 Å². The van der Waals surface area contributed by atoms with Crippen LogP contribution in [0, 0.1) is 11.8 Å². The second-order valence-corrected chi connectivity index (χ2v) is 8.46. The Morgan fingerprint density at radius 1 is 1.11 bits per heavy atom. The number of carbonyl (C=O) groups excluding carboxylic acids is 1. The van der Waals surface area contributed by atoms with Crippen molar-refractivity contribution >= 4 is 11.6 Å². The van der Waals surface area contributed by atoms with Gasteiger partial charge in [0.05, 0.1) is 0 Å². The van der Waals surface area contributed by atoms with E-state index in [1.54, 1.807) is 18.3 Å². The lowest BCUT2D eigenvalue weighted by Gasteiger charge is -2.40. The molecule has 1 saturated carbocycles. The minimum Gasteiger partial charge on any atom is -0.337 e. The average molecular weight is 366 g/mol. The van der Waals surface area contributed by atoms with E-state index in [1.165, 1.54) is 42.8 Å². The Morgan fingerprint density at radius 2 is 2.00 bits per heavy atom. The van der Waals surface area contributed by atoms with Crippen molar-refractivity contribution in [2.75, 3.05) is 26.2 Å². The van der Waals surface area contributed by atoms with Crippen molar-refractivity contribution in [3.63, 3.8) is 0 Å². The van der Waals surface area contributed by atoms with E-state index in [-0.39, 0.29) is 17.0 Å². The molecule has 3 saturated heterocycles. The van der Waals surface area contributed by atoms with Gasteiger partial charge in [0, 0.05) is 44.6 Å². The highest BCUT2D eigenvalue weighted by Crippen LogP contribution is 2.33. The normalized spacial score (nSPS) is 26.1. The summed E-state index contributed by atoms with van der Waals surface area (Å²) in [7, 11) is 0. The van der Waals surface area contributed by atoms with E-state index >= 15 is 0 Å². The molecule has 0 spiro atoms. The summed E-state index contributed by atoms with van der Waals surface area (Å²) < 4.78 is 1.46. The summed E-state index contributed by atoms with van der Waals surface area (Å²) in [6, 6.07) is 5.84. The fourth-order valence-corrected chi connectivity index (χ4v) is 4.92. The molecule has 142 valence electrons. The van der Waals surface area contributed by atoms with Crippen LogP contribution in [0.25, 0.3) is 5.65 Å². The van der Waals surface area contributed by atoms with Crippen LogP contribution in [0.4, 0.5) is 0 Å². The molecule has 1 amide bonds. The second kappa shape index (κ2) is 6.75. The first-order valence-corrected chi connectivity index (χ1v) is 10.2. The van der Waals surface area contributed by atoms with Crippen LogP contribution < -0.4 is 5.56 Å². The molecule has 2 aromatic heterocycles. The number of carbonyl (C=O) groups is 1. The van der Waals surface area contributed by atoms with Crippen molar-refractivity contribution in [2.24, 2.45) is 11.8 Å². The Morgan fingerprint density at radius 3 is 2.81 bits per heavy atom. The number of piperidine rings is 1. The highest BCUT2D eigenvalue weighted by atomic mass is 16.2. The van der Waals surface area contributed by atoms with Crippen LogP contribution in [0.3, 0.4) is 0 Å². The molecule has 0 unspecified atom stereocenters. The molecule has 3 aliphatic heterocycles. The third-order valence-corrected chi connectivity index (χ3v) is 6.68. The van der Waals surface area contributed by atoms with Crippen LogP contribution in [0.15, 0.2) is 35.4 Å². The first-order valence-electron chi connectivity index (χ1n) is 10.2. The Hall–Kier alpha value is -2.21. The van der Waals surface area contributed by atoms with Crippen molar-refractivity contribution in [3.8, 4) is 0 Å². The van der Waals surface area contributed by atoms with Gasteiger partial charge < -0.3 is 4.90 Å². The fourth-order valence-electron chi connectivity index (χ4n) is 4.92. The Balaban J connectivity index is 1.39. The molecule has 0 radical (unpaired) electrons. The molecule has 2 aromatic rings. The number of hydrogen-bond donors (Lipinski definition) is 0. The minimum atomic E-state index is -0.270. The van der Waals surface area contributed by atoms with Gasteiger partial charge in [-0.05, 0) is 49.7 Å². The van der Waals surface area contributed by atoms with E-state index in [0.717, 1.165) is 32.0 Å². The van der Waals surface area contributed by atoms with Crippen molar-refractivity contribution in [2.45, 2.75) is 38.1 Å². The number of amides is 1. The minimum absolute atomic E-state index is 0.159. The molecule has 0 N–H and O–H groups in total. The predicted molar refractivity (Wildman–Crippen MR) is 103 cm³/mol. The van der Waals surface area contributed by atoms with Gasteiger partial charge in [0.25, 0.3) is 11.5 Å². The maximum absolute atomic E-state index is 13.2. The predicted octanol–water partition coefficient (Wildman–Crippen LogP) is 2.03. The van der Waals surface area contributed by atoms with Gasteiger partial charge in [-0.2, -0.15) is 0 Å². The lowest BCUT2D eigenvalue weighted by molar-refractivity contribution is 0.0715. The van der Waals surface area contributed by atoms with Gasteiger partial charge in [0.2, 0.25) is 0 Å². The number of pyridine rings is 1. The highest BCUT2D eigenvalue weighted by Gasteiger charge is 2.38. The van der Waals surface area contributed by atoms with Gasteiger partial charge in [-0.3, -0.25) is 18.9 Å². The molecule has 6 rings (SSSR count). The summed E-state index contributed by atoms with van der Waals surface area (Å²) in [5.74, 6) is 1.21. The van der Waals surface area contributed by atoms with Crippen molar-refractivity contribution in [3.05, 3.63) is 46.5 Å². The first-order chi connectivity index (χ1) is 13.2. The molecule has 6 nitrogen and oxygen atoms in total. The van der Waals surface area contributed by atoms with Gasteiger partial charge in [0.15, 0.2) is 0 Å². The molecule has 0 aromatic carbocycles. The van der Waals surface area contributed by atoms with E-state index < -0.39 is 0 Å². The number of rotatable bonds is 3. The third-order valence-electron chi connectivity index (χ3n) is 6.68. The van der Waals surface area contributed by atoms with Gasteiger partial charge in [-0.1, -0.05) is 12.5 Å². The molecule has 6 heteroatoms. The van der Waals surface area contributed by atoms with Crippen LogP contribution in [-0.2, 0) is 0 Å². The molecule has 1 aliphatic carbocycles. The summed E-state index contributed by atoms with van der Waals surface area (Å²) in [4.78, 5) is 34.8. The Bertz CT molecular complexity index is 920. The molecule has 4 aliphatic rings. The standard InChI is InChI=1S/C21H26N4O2/c26-20(18-10-22-19-6-1-2-9-25(19)21(18)27)24-13-16-7-8-17(14-24)23(12-16)11-15-4-3-5-15/h1-2,6,9-10,15-17H,3-5,7-8,11-14H2/t16-,17-/m0/s1. The molecular weight excluding hydrogens is 340 g/mol. The van der Waals surface area contributed by atoms with Crippen LogP contribution in [-0.4, -0.2) is 57.3 Å². The lowest BCUT2D eigenvalue weighted by atomic mass is 9.83. The zero-order chi connectivity index (χ0) is 18.4. The SMILES string of the molecule is O=C(c1cnc2ccccn2c1=O)N1C[C@H]2CC[C@@H](C1)N(CC1CCC1)C2. The van der Waals surface area contributed by atoms with Gasteiger partial charge in [0.1, 0.15) is 11.2 Å². The third kappa shape index (κ3) is 3.06. The Kier molecular flexibility index (Phi) is 4.23. The van der Waals surface area contributed by atoms with E-state index in [2.05, 4.69) is 9.88 Å². The largest absolute Gasteiger partial charge is 0.337 e. The van der Waals surface area contributed by atoms with E-state index in [9.17, 15) is 9.59 Å². The number of aromatic nitrogens is 2. The van der Waals surface area contributed by atoms with E-state index in [0.29, 0.717) is 17.6 Å². The van der Waals surface area contributed by atoms with E-state index in [4.69, 9.17) is 0 Å². The van der Waals surface area contributed by atoms with Gasteiger partial charge in [-0.15, -0.1) is 0 Å². The summed E-state index contributed by atoms with van der Waals surface area (Å²) >= 11 is 0. The average Bonchev–Trinajstić information content (AvgIpc) is 2.97. The maximum Gasteiger partial charge on any atom is 0.270 e. The summed E-state index contributed by atoms with van der Waals surface area (Å²) in [5, 5.41) is 0. The highest BCUT2D eigenvalue weighted by molar-refractivity contribution is 5.93. The van der Waals surface area contributed by atoms with Crippen molar-refractivity contribution in [1.82, 2.24) is 19.2 Å². The fraction of sp³-hybridized carbons (Fsp3) is 0.571. The molecule has 5 heterocycles. The molecule has 2 atom stereocenters. The lowest BCUT2D eigenvalue weighted by Crippen LogP contribution is -2.47. The van der Waals surface area contributed by atoms with Gasteiger partial charge in [-0.25, -0.2) is 4.98 Å². The Labute approximate surface area is 158 Å². The number of nitrogens with zero attached hydrogens (tertiary/aromatic N) is 4. The van der Waals surface area contributed by atoms with Crippen LogP contribution in [0.5, 0.6) is 0 Å². The van der Waals surface area contributed by atoms with E-state index in [1.807, 2.05) is 11.0 Å². The van der Waals surface area contributed by atoms with Gasteiger partial charge >= 0.3 is 0 Å². The molecule has 27 heavy (non-hydrogen) atoms. The van der Waals surface area contributed by atoms with Crippen LogP contribution >= 0.6 is 0 Å². The topological polar surface area (TPSA) is 57.9 Å². The maximum atomic E-state index is 13.2. The quantitative estimate of drug-likeness (QED) is 0.834. The second-order valence-electron chi connectivity index (χ2n) is 8.46. The van der Waals surface area contributed by atoms with Crippen LogP contribution in [0.1, 0.15) is 42.5 Å².